The summed E-state index contributed by atoms with van der Waals surface area (Å²) in [7, 11) is 0. The summed E-state index contributed by atoms with van der Waals surface area (Å²) in [6.07, 6.45) is 1.72. The van der Waals surface area contributed by atoms with Gasteiger partial charge in [-0.15, -0.1) is 0 Å². The van der Waals surface area contributed by atoms with E-state index in [0.717, 1.165) is 11.4 Å². The van der Waals surface area contributed by atoms with Gasteiger partial charge >= 0.3 is 0 Å². The van der Waals surface area contributed by atoms with Crippen molar-refractivity contribution in [1.29, 1.82) is 0 Å². The maximum absolute atomic E-state index is 9.14. The Labute approximate surface area is 485 Å². The number of aliphatic hydroxyl groups excluding tert-OH is 21. The third kappa shape index (κ3) is 155. The lowest BCUT2D eigenvalue weighted by Gasteiger charge is -2.25. The van der Waals surface area contributed by atoms with Gasteiger partial charge in [-0.1, -0.05) is 6.42 Å². The number of hydrogen-bond donors (Lipinski definition) is 29. The van der Waals surface area contributed by atoms with Crippen LogP contribution < -0.4 is 44.6 Å². The van der Waals surface area contributed by atoms with Crippen LogP contribution in [-0.4, -0.2) is 367 Å². The van der Waals surface area contributed by atoms with Crippen LogP contribution in [0.1, 0.15) is 74.7 Å². The molecule has 508 valence electrons. The largest absolute Gasteiger partial charge is 0.395 e. The first kappa shape index (κ1) is 105. The van der Waals surface area contributed by atoms with Crippen LogP contribution in [0.25, 0.3) is 0 Å². The summed E-state index contributed by atoms with van der Waals surface area (Å²) in [5.41, 5.74) is 23.4. The van der Waals surface area contributed by atoms with E-state index in [2.05, 4.69) is 32.3 Å². The molecule has 0 spiro atoms. The molecule has 0 bridgehead atoms. The second kappa shape index (κ2) is 95.0. The molecule has 0 saturated carbocycles. The molecule has 0 aliphatic carbocycles. The lowest BCUT2D eigenvalue weighted by Crippen LogP contribution is -2.40. The van der Waals surface area contributed by atoms with Crippen LogP contribution in [-0.2, 0) is 0 Å². The van der Waals surface area contributed by atoms with Gasteiger partial charge in [0.1, 0.15) is 0 Å². The predicted molar refractivity (Wildman–Crippen MR) is 315 cm³/mol. The summed E-state index contributed by atoms with van der Waals surface area (Å²) in [5, 5.41) is 182. The third-order valence-electron chi connectivity index (χ3n) is 7.84. The van der Waals surface area contributed by atoms with Crippen LogP contribution in [0.2, 0.25) is 0 Å². The van der Waals surface area contributed by atoms with Gasteiger partial charge in [-0.2, -0.15) is 0 Å². The quantitative estimate of drug-likeness (QED) is 0.0235. The molecular formula is C48H130N12O21. The highest BCUT2D eigenvalue weighted by atomic mass is 16.3. The van der Waals surface area contributed by atoms with Crippen molar-refractivity contribution >= 4 is 0 Å². The van der Waals surface area contributed by atoms with E-state index in [1.165, 1.54) is 32.4 Å². The fourth-order valence-electron chi connectivity index (χ4n) is 4.40. The molecule has 1 aliphatic heterocycles. The second-order valence-corrected chi connectivity index (χ2v) is 17.7. The van der Waals surface area contributed by atoms with Crippen molar-refractivity contribution < 1.29 is 107 Å². The molecule has 0 radical (unpaired) electrons. The minimum absolute atomic E-state index is 0.0486. The average Bonchev–Trinajstić information content (AvgIpc) is 3.39. The lowest BCUT2D eigenvalue weighted by atomic mass is 10.1. The van der Waals surface area contributed by atoms with Crippen LogP contribution in [0.5, 0.6) is 0 Å². The molecule has 33 heteroatoms. The molecule has 34 N–H and O–H groups in total. The van der Waals surface area contributed by atoms with Gasteiger partial charge in [0.25, 0.3) is 0 Å². The first-order chi connectivity index (χ1) is 38.1. The summed E-state index contributed by atoms with van der Waals surface area (Å²) in [6.45, 7) is 22.1. The van der Waals surface area contributed by atoms with E-state index < -0.39 is 23.9 Å². The van der Waals surface area contributed by atoms with Crippen LogP contribution in [0.15, 0.2) is 0 Å². The van der Waals surface area contributed by atoms with Crippen LogP contribution in [0.3, 0.4) is 0 Å². The van der Waals surface area contributed by atoms with Crippen molar-refractivity contribution in [2.24, 2.45) is 28.7 Å². The number of piperidine rings is 1. The maximum Gasteiger partial charge on any atom is 0.0993 e. The van der Waals surface area contributed by atoms with E-state index in [-0.39, 0.29) is 112 Å². The number of nitrogens with two attached hydrogens (primary N) is 5. The SMILES string of the molecule is CC(C)(N)CO.CC(O)CN.CC(O)CN(CC(C)O)CC(C)O.CC(O)CNCC(C)O.NCCO.NCO.NCO.OCCN(CCO)CCO.OCCN1CCCCC1.OCCNCCO.OCN(CO)CO.OCNCO. The maximum atomic E-state index is 9.14. The molecule has 6 atom stereocenters. The molecular weight excluding hydrogens is 1080 g/mol. The van der Waals surface area contributed by atoms with E-state index in [1.54, 1.807) is 60.3 Å². The number of nitrogens with one attached hydrogen (secondary N) is 3. The molecule has 0 aromatic heterocycles. The molecule has 0 aromatic rings. The highest BCUT2D eigenvalue weighted by molar-refractivity contribution is 4.68. The van der Waals surface area contributed by atoms with Crippen LogP contribution in [0, 0.1) is 0 Å². The molecule has 1 aliphatic rings. The van der Waals surface area contributed by atoms with E-state index in [9.17, 15) is 0 Å². The van der Waals surface area contributed by atoms with Gasteiger partial charge in [-0.25, -0.2) is 4.90 Å². The third-order valence-corrected chi connectivity index (χ3v) is 7.84. The molecule has 1 heterocycles. The standard InChI is InChI=1S/C9H21NO3.C7H15NO.C6H15NO3.C6H15NO2.C4H11NO2.C4H11NO.C3H9NO3.C3H9NO.C2H7NO2.C2H7NO.2CH5NO/c1-7(11)4-10(5-8(2)12)6-9(3)13;9-7-6-8-4-2-1-3-5-8;8-4-1-7(2-5-9)3-6-10;1-5(8)3-7-4-6(2)9;6-3-1-5-2-4-7;1-4(2,5)3-6;5-1-4(2-6)3-7;1-3(5)2-4;4-1-3-2-5;3-1-2-4;2*2-1-3/h7-9,11-13H,4-6H2,1-3H3;9H,1-7H2;8-10H,1-6H2;5-9H,3-4H2,1-2H3;5-7H,1-4H2;6H,3,5H2,1-2H3;5-7H,1-3H2;3,5H,2,4H2,1H3;3-5H,1-2H2;4H,1-3H2;2*3H,1-2H2. The van der Waals surface area contributed by atoms with Gasteiger partial charge in [0, 0.05) is 90.6 Å². The molecule has 81 heavy (non-hydrogen) atoms. The van der Waals surface area contributed by atoms with Crippen LogP contribution in [0.4, 0.5) is 0 Å². The Balaban J connectivity index is -0.0000000750. The summed E-state index contributed by atoms with van der Waals surface area (Å²) in [6, 6.07) is 0. The summed E-state index contributed by atoms with van der Waals surface area (Å²) < 4.78 is 0. The monoisotopic (exact) mass is 1210 g/mol. The average molecular weight is 1210 g/mol. The Morgan fingerprint density at radius 3 is 0.901 bits per heavy atom. The molecule has 1 rings (SSSR count). The number of hydrogen-bond acceptors (Lipinski definition) is 33. The van der Waals surface area contributed by atoms with E-state index in [1.807, 2.05) is 4.90 Å². The van der Waals surface area contributed by atoms with Gasteiger partial charge in [0.05, 0.1) is 137 Å². The van der Waals surface area contributed by atoms with Gasteiger partial charge in [0.15, 0.2) is 0 Å². The Kier molecular flexibility index (Phi) is 123. The van der Waals surface area contributed by atoms with E-state index in [4.69, 9.17) is 124 Å². The summed E-state index contributed by atoms with van der Waals surface area (Å²) in [4.78, 5) is 7.00. The first-order valence-corrected chi connectivity index (χ1v) is 26.9. The topological polar surface area (TPSA) is 604 Å². The zero-order chi connectivity index (χ0) is 65.7. The predicted octanol–water partition coefficient (Wildman–Crippen LogP) is -11.6. The Morgan fingerprint density at radius 1 is 0.432 bits per heavy atom. The van der Waals surface area contributed by atoms with Gasteiger partial charge in [-0.3, -0.25) is 15.1 Å². The fraction of sp³-hybridized carbons (Fsp3) is 1.00. The minimum atomic E-state index is -0.433. The van der Waals surface area contributed by atoms with E-state index in [0.29, 0.717) is 85.1 Å². The van der Waals surface area contributed by atoms with Crippen molar-refractivity contribution in [3.8, 4) is 0 Å². The molecule has 0 aromatic carbocycles. The van der Waals surface area contributed by atoms with Crippen molar-refractivity contribution in [2.45, 2.75) is 117 Å². The van der Waals surface area contributed by atoms with Gasteiger partial charge in [-0.05, 0) is 81.3 Å². The summed E-state index contributed by atoms with van der Waals surface area (Å²) in [5.74, 6) is 0. The number of likely N-dealkylation sites (tertiary alicyclic amines) is 1. The number of aliphatic hydroxyl groups is 21. The zero-order valence-electron chi connectivity index (χ0n) is 50.9. The Hall–Kier alpha value is -1.32. The minimum Gasteiger partial charge on any atom is -0.395 e. The molecule has 1 fully saturated rings. The van der Waals surface area contributed by atoms with Crippen molar-refractivity contribution in [3.05, 3.63) is 0 Å². The van der Waals surface area contributed by atoms with Crippen LogP contribution >= 0.6 is 0 Å². The van der Waals surface area contributed by atoms with E-state index >= 15 is 0 Å². The normalized spacial score (nSPS) is 13.6. The summed E-state index contributed by atoms with van der Waals surface area (Å²) >= 11 is 0. The number of nitrogens with zero attached hydrogens (tertiary/aromatic N) is 4. The Morgan fingerprint density at radius 2 is 0.741 bits per heavy atom. The number of β-amino-alcohol motifs (C(OH)–C–C–N with tert-alkyl or cyclic N) is 1. The molecule has 0 amide bonds. The second-order valence-electron chi connectivity index (χ2n) is 17.7. The highest BCUT2D eigenvalue weighted by Crippen LogP contribution is 2.07. The highest BCUT2D eigenvalue weighted by Gasteiger charge is 2.13. The smallest absolute Gasteiger partial charge is 0.0993 e. The zero-order valence-corrected chi connectivity index (χ0v) is 50.9. The molecule has 33 nitrogen and oxygen atoms in total. The molecule has 6 unspecified atom stereocenters. The van der Waals surface area contributed by atoms with Crippen molar-refractivity contribution in [1.82, 2.24) is 35.6 Å². The van der Waals surface area contributed by atoms with Crippen molar-refractivity contribution in [2.75, 3.05) is 198 Å². The first-order valence-electron chi connectivity index (χ1n) is 26.9. The van der Waals surface area contributed by atoms with Gasteiger partial charge < -0.3 is 151 Å². The molecule has 1 saturated heterocycles. The van der Waals surface area contributed by atoms with Crippen molar-refractivity contribution in [3.63, 3.8) is 0 Å². The fourth-order valence-corrected chi connectivity index (χ4v) is 4.40. The van der Waals surface area contributed by atoms with Gasteiger partial charge in [0.2, 0.25) is 0 Å². The Bertz CT molecular complexity index is 903. The lowest BCUT2D eigenvalue weighted by molar-refractivity contribution is -0.0268. The number of rotatable bonds is 30.